The van der Waals surface area contributed by atoms with Gasteiger partial charge in [0.2, 0.25) is 0 Å². The summed E-state index contributed by atoms with van der Waals surface area (Å²) in [4.78, 5) is 24.8. The molecule has 3 N–H and O–H groups in total. The highest BCUT2D eigenvalue weighted by atomic mass is 16.7. The number of methoxy groups -OCH3 is 1. The molecule has 0 saturated carbocycles. The van der Waals surface area contributed by atoms with Gasteiger partial charge in [0.05, 0.1) is 32.5 Å². The third kappa shape index (κ3) is 7.31. The van der Waals surface area contributed by atoms with Crippen LogP contribution in [0.2, 0.25) is 0 Å². The van der Waals surface area contributed by atoms with Gasteiger partial charge in [0.25, 0.3) is 0 Å². The summed E-state index contributed by atoms with van der Waals surface area (Å²) in [6, 6.07) is 15.3. The first kappa shape index (κ1) is 28.9. The van der Waals surface area contributed by atoms with E-state index < -0.39 is 61.1 Å². The van der Waals surface area contributed by atoms with Gasteiger partial charge in [-0.1, -0.05) is 30.3 Å². The number of aliphatic hydroxyl groups excluding tert-OH is 3. The molecule has 2 aliphatic rings. The predicted octanol–water partition coefficient (Wildman–Crippen LogP) is 0.550. The molecule has 0 bridgehead atoms. The lowest BCUT2D eigenvalue weighted by molar-refractivity contribution is -0.335. The Labute approximate surface area is 224 Å². The van der Waals surface area contributed by atoms with Gasteiger partial charge in [-0.15, -0.1) is 0 Å². The van der Waals surface area contributed by atoms with Crippen LogP contribution < -0.4 is 4.74 Å². The topological polar surface area (TPSA) is 159 Å². The average Bonchev–Trinajstić information content (AvgIpc) is 2.94. The van der Waals surface area contributed by atoms with Crippen molar-refractivity contribution < 1.29 is 58.1 Å². The van der Waals surface area contributed by atoms with Crippen LogP contribution in [0.3, 0.4) is 0 Å². The van der Waals surface area contributed by atoms with E-state index in [4.69, 9.17) is 33.2 Å². The van der Waals surface area contributed by atoms with Crippen LogP contribution in [0.25, 0.3) is 0 Å². The van der Waals surface area contributed by atoms with Crippen molar-refractivity contribution in [3.8, 4) is 5.75 Å². The Hall–Kier alpha value is -3.10. The van der Waals surface area contributed by atoms with Gasteiger partial charge < -0.3 is 48.5 Å². The molecular formula is C27H32O12. The molecule has 0 unspecified atom stereocenters. The molecule has 12 nitrogen and oxygen atoms in total. The van der Waals surface area contributed by atoms with Gasteiger partial charge >= 0.3 is 11.9 Å². The van der Waals surface area contributed by atoms with E-state index in [1.165, 1.54) is 26.2 Å². The SMILES string of the molecule is COc1ccc(C(=O)O[C@H]2[C@H](O[C@@H]3[C@@H](OC(C)=O)[C@H](OCc4ccccc4)OC[C@@H]3O)OC[C@@H](O)[C@@H]2O)cc1. The van der Waals surface area contributed by atoms with E-state index in [0.29, 0.717) is 5.75 Å². The van der Waals surface area contributed by atoms with Crippen LogP contribution in [-0.2, 0) is 39.8 Å². The van der Waals surface area contributed by atoms with Crippen molar-refractivity contribution in [2.24, 2.45) is 0 Å². The fourth-order valence-corrected chi connectivity index (χ4v) is 4.22. The standard InChI is InChI=1S/C27H32O12/c1-15(28)37-24-22(20(30)14-35-26(24)34-12-16-6-4-3-5-7-16)39-27-23(21(31)19(29)13-36-27)38-25(32)17-8-10-18(33-2)11-9-17/h3-11,19-24,26-27,29-31H,12-14H2,1-2H3/t19-,20+,21+,22+,23-,24-,26-,27+/m1/s1. The van der Waals surface area contributed by atoms with E-state index in [1.807, 2.05) is 30.3 Å². The fourth-order valence-electron chi connectivity index (χ4n) is 4.22. The highest BCUT2D eigenvalue weighted by Crippen LogP contribution is 2.29. The van der Waals surface area contributed by atoms with Crippen LogP contribution in [0, 0.1) is 0 Å². The maximum Gasteiger partial charge on any atom is 0.338 e. The summed E-state index contributed by atoms with van der Waals surface area (Å²) in [5.74, 6) is -0.971. The largest absolute Gasteiger partial charge is 0.497 e. The molecule has 0 spiro atoms. The Bertz CT molecular complexity index is 1080. The summed E-state index contributed by atoms with van der Waals surface area (Å²) in [5, 5.41) is 31.5. The lowest BCUT2D eigenvalue weighted by atomic mass is 10.0. The molecule has 0 aliphatic carbocycles. The van der Waals surface area contributed by atoms with Gasteiger partial charge in [0, 0.05) is 6.92 Å². The zero-order valence-corrected chi connectivity index (χ0v) is 21.5. The number of hydrogen-bond acceptors (Lipinski definition) is 12. The smallest absolute Gasteiger partial charge is 0.338 e. The minimum absolute atomic E-state index is 0.124. The first-order chi connectivity index (χ1) is 18.8. The Morgan fingerprint density at radius 2 is 1.51 bits per heavy atom. The second kappa shape index (κ2) is 13.3. The Morgan fingerprint density at radius 3 is 2.18 bits per heavy atom. The average molecular weight is 549 g/mol. The zero-order chi connectivity index (χ0) is 27.9. The fraction of sp³-hybridized carbons (Fsp3) is 0.481. The van der Waals surface area contributed by atoms with Gasteiger partial charge in [0.1, 0.15) is 30.2 Å². The van der Waals surface area contributed by atoms with Crippen LogP contribution >= 0.6 is 0 Å². The first-order valence-electron chi connectivity index (χ1n) is 12.4. The Morgan fingerprint density at radius 1 is 0.846 bits per heavy atom. The third-order valence-electron chi connectivity index (χ3n) is 6.25. The summed E-state index contributed by atoms with van der Waals surface area (Å²) in [5.41, 5.74) is 0.990. The van der Waals surface area contributed by atoms with Gasteiger partial charge in [-0.2, -0.15) is 0 Å². The number of aliphatic hydroxyl groups is 3. The molecule has 2 aromatic carbocycles. The van der Waals surface area contributed by atoms with Crippen LogP contribution in [0.15, 0.2) is 54.6 Å². The van der Waals surface area contributed by atoms with E-state index in [2.05, 4.69) is 0 Å². The van der Waals surface area contributed by atoms with Crippen molar-refractivity contribution in [1.82, 2.24) is 0 Å². The number of ether oxygens (including phenoxy) is 7. The molecular weight excluding hydrogens is 516 g/mol. The number of carbonyl (C=O) groups is 2. The lowest BCUT2D eigenvalue weighted by Gasteiger charge is -2.43. The third-order valence-corrected chi connectivity index (χ3v) is 6.25. The normalized spacial score (nSPS) is 30.8. The lowest BCUT2D eigenvalue weighted by Crippen LogP contribution is -2.61. The maximum absolute atomic E-state index is 12.8. The molecule has 2 fully saturated rings. The van der Waals surface area contributed by atoms with Crippen LogP contribution in [-0.4, -0.2) is 96.8 Å². The summed E-state index contributed by atoms with van der Waals surface area (Å²) < 4.78 is 38.9. The molecule has 12 heteroatoms. The van der Waals surface area contributed by atoms with Gasteiger partial charge in [0.15, 0.2) is 24.8 Å². The monoisotopic (exact) mass is 548 g/mol. The number of esters is 2. The second-order valence-corrected chi connectivity index (χ2v) is 9.10. The minimum atomic E-state index is -1.57. The van der Waals surface area contributed by atoms with Crippen molar-refractivity contribution in [2.45, 2.75) is 62.7 Å². The predicted molar refractivity (Wildman–Crippen MR) is 131 cm³/mol. The first-order valence-corrected chi connectivity index (χ1v) is 12.4. The summed E-state index contributed by atoms with van der Waals surface area (Å²) in [6.45, 7) is 0.742. The van der Waals surface area contributed by atoms with Crippen LogP contribution in [0.1, 0.15) is 22.8 Å². The zero-order valence-electron chi connectivity index (χ0n) is 21.5. The van der Waals surface area contributed by atoms with Crippen molar-refractivity contribution in [3.63, 3.8) is 0 Å². The summed E-state index contributed by atoms with van der Waals surface area (Å²) in [6.07, 6.45) is -10.8. The van der Waals surface area contributed by atoms with Crippen molar-refractivity contribution >= 4 is 11.9 Å². The quantitative estimate of drug-likeness (QED) is 0.374. The highest BCUT2D eigenvalue weighted by Gasteiger charge is 2.49. The molecule has 0 amide bonds. The van der Waals surface area contributed by atoms with Crippen molar-refractivity contribution in [3.05, 3.63) is 65.7 Å². The number of benzene rings is 2. The van der Waals surface area contributed by atoms with E-state index >= 15 is 0 Å². The van der Waals surface area contributed by atoms with E-state index in [1.54, 1.807) is 12.1 Å². The molecule has 4 rings (SSSR count). The molecule has 2 aromatic rings. The van der Waals surface area contributed by atoms with Gasteiger partial charge in [-0.3, -0.25) is 4.79 Å². The Kier molecular flexibility index (Phi) is 9.86. The molecule has 212 valence electrons. The molecule has 8 atom stereocenters. The number of carbonyl (C=O) groups excluding carboxylic acids is 2. The molecule has 2 saturated heterocycles. The van der Waals surface area contributed by atoms with Gasteiger partial charge in [-0.05, 0) is 29.8 Å². The minimum Gasteiger partial charge on any atom is -0.497 e. The number of rotatable bonds is 9. The molecule has 0 radical (unpaired) electrons. The van der Waals surface area contributed by atoms with E-state index in [9.17, 15) is 24.9 Å². The van der Waals surface area contributed by atoms with Crippen molar-refractivity contribution in [2.75, 3.05) is 20.3 Å². The van der Waals surface area contributed by atoms with E-state index in [0.717, 1.165) is 5.56 Å². The molecule has 2 heterocycles. The van der Waals surface area contributed by atoms with Crippen molar-refractivity contribution in [1.29, 1.82) is 0 Å². The Balaban J connectivity index is 1.51. The summed E-state index contributed by atoms with van der Waals surface area (Å²) in [7, 11) is 1.48. The second-order valence-electron chi connectivity index (χ2n) is 9.10. The van der Waals surface area contributed by atoms with Gasteiger partial charge in [-0.25, -0.2) is 4.79 Å². The number of hydrogen-bond donors (Lipinski definition) is 3. The molecule has 39 heavy (non-hydrogen) atoms. The highest BCUT2D eigenvalue weighted by molar-refractivity contribution is 5.89. The van der Waals surface area contributed by atoms with E-state index in [-0.39, 0.29) is 25.4 Å². The van der Waals surface area contributed by atoms with Crippen LogP contribution in [0.4, 0.5) is 0 Å². The van der Waals surface area contributed by atoms with Crippen LogP contribution in [0.5, 0.6) is 5.75 Å². The maximum atomic E-state index is 12.8. The molecule has 0 aromatic heterocycles. The molecule has 2 aliphatic heterocycles. The summed E-state index contributed by atoms with van der Waals surface area (Å²) >= 11 is 0.